The third kappa shape index (κ3) is 5.12. The van der Waals surface area contributed by atoms with Crippen molar-refractivity contribution in [3.8, 4) is 0 Å². The zero-order chi connectivity index (χ0) is 14.5. The first-order chi connectivity index (χ1) is 8.84. The number of amides is 1. The number of ether oxygens (including phenoxy) is 1. The summed E-state index contributed by atoms with van der Waals surface area (Å²) >= 11 is 0. The number of hydrogen-bond donors (Lipinski definition) is 4. The van der Waals surface area contributed by atoms with E-state index in [1.54, 1.807) is 29.0 Å². The van der Waals surface area contributed by atoms with E-state index in [0.717, 1.165) is 7.11 Å². The third-order valence-corrected chi connectivity index (χ3v) is 3.17. The summed E-state index contributed by atoms with van der Waals surface area (Å²) in [6, 6.07) is 6.31. The van der Waals surface area contributed by atoms with Gasteiger partial charge in [0.2, 0.25) is 0 Å². The average Bonchev–Trinajstić information content (AvgIpc) is 2.36. The highest BCUT2D eigenvalue weighted by Gasteiger charge is 2.16. The molecular weight excluding hydrogens is 274 g/mol. The molecule has 0 aromatic heterocycles. The number of anilines is 1. The molecule has 1 atom stereocenters. The van der Waals surface area contributed by atoms with Gasteiger partial charge in [-0.25, -0.2) is 9.52 Å². The van der Waals surface area contributed by atoms with E-state index in [4.69, 9.17) is 5.73 Å². The first-order valence-corrected chi connectivity index (χ1v) is 6.71. The fourth-order valence-electron chi connectivity index (χ4n) is 1.21. The summed E-state index contributed by atoms with van der Waals surface area (Å²) in [7, 11) is -3.03. The van der Waals surface area contributed by atoms with Crippen LogP contribution in [-0.4, -0.2) is 33.3 Å². The molecule has 1 amide bonds. The Balaban J connectivity index is 2.56. The normalized spacial score (nSPS) is 12.7. The molecule has 0 saturated heterocycles. The number of benzene rings is 1. The summed E-state index contributed by atoms with van der Waals surface area (Å²) in [4.78, 5) is 10.8. The number of aliphatic hydroxyl groups excluding tert-OH is 1. The molecule has 9 heteroatoms. The van der Waals surface area contributed by atoms with Gasteiger partial charge >= 0.3 is 16.3 Å². The first kappa shape index (κ1) is 15.2. The molecule has 0 spiro atoms. The lowest BCUT2D eigenvalue weighted by Crippen LogP contribution is -2.41. The van der Waals surface area contributed by atoms with E-state index >= 15 is 0 Å². The van der Waals surface area contributed by atoms with Crippen molar-refractivity contribution in [3.05, 3.63) is 29.8 Å². The van der Waals surface area contributed by atoms with Crippen molar-refractivity contribution in [2.24, 2.45) is 0 Å². The zero-order valence-corrected chi connectivity index (χ0v) is 11.0. The maximum atomic E-state index is 11.3. The van der Waals surface area contributed by atoms with Gasteiger partial charge in [-0.05, 0) is 17.7 Å². The van der Waals surface area contributed by atoms with E-state index < -0.39 is 22.4 Å². The number of methoxy groups -OCH3 is 1. The molecule has 0 bridgehead atoms. The number of hydrogen-bond acceptors (Lipinski definition) is 6. The van der Waals surface area contributed by atoms with Crippen molar-refractivity contribution in [2.75, 3.05) is 19.4 Å². The topological polar surface area (TPSA) is 131 Å². The SMILES string of the molecule is COC(=O)NS(=O)(=O)NCC(O)c1ccc(N)cc1. The van der Waals surface area contributed by atoms with Crippen molar-refractivity contribution in [1.29, 1.82) is 0 Å². The molecule has 0 aliphatic rings. The van der Waals surface area contributed by atoms with Crippen LogP contribution < -0.4 is 15.2 Å². The smallest absolute Gasteiger partial charge is 0.421 e. The van der Waals surface area contributed by atoms with Gasteiger partial charge in [0.15, 0.2) is 0 Å². The van der Waals surface area contributed by atoms with Crippen molar-refractivity contribution < 1.29 is 23.1 Å². The molecule has 1 rings (SSSR count). The van der Waals surface area contributed by atoms with Crippen LogP contribution in [0.3, 0.4) is 0 Å². The molecule has 8 nitrogen and oxygen atoms in total. The predicted molar refractivity (Wildman–Crippen MR) is 68.3 cm³/mol. The van der Waals surface area contributed by atoms with Crippen molar-refractivity contribution in [1.82, 2.24) is 9.44 Å². The second-order valence-electron chi connectivity index (χ2n) is 3.63. The van der Waals surface area contributed by atoms with Gasteiger partial charge in [0, 0.05) is 12.2 Å². The van der Waals surface area contributed by atoms with E-state index in [-0.39, 0.29) is 6.54 Å². The summed E-state index contributed by atoms with van der Waals surface area (Å²) in [5, 5.41) is 9.75. The number of nitrogens with two attached hydrogens (primary N) is 1. The summed E-state index contributed by atoms with van der Waals surface area (Å²) in [6.45, 7) is -0.295. The molecule has 0 radical (unpaired) electrons. The van der Waals surface area contributed by atoms with E-state index in [2.05, 4.69) is 4.74 Å². The number of aliphatic hydroxyl groups is 1. The molecule has 0 saturated carbocycles. The van der Waals surface area contributed by atoms with Crippen LogP contribution >= 0.6 is 0 Å². The molecule has 0 fully saturated rings. The van der Waals surface area contributed by atoms with E-state index in [1.165, 1.54) is 0 Å². The van der Waals surface area contributed by atoms with Crippen LogP contribution in [0.2, 0.25) is 0 Å². The quantitative estimate of drug-likeness (QED) is 0.540. The van der Waals surface area contributed by atoms with Gasteiger partial charge in [-0.1, -0.05) is 12.1 Å². The second kappa shape index (κ2) is 6.36. The van der Waals surface area contributed by atoms with Crippen LogP contribution in [0.5, 0.6) is 0 Å². The fourth-order valence-corrected chi connectivity index (χ4v) is 1.96. The maximum absolute atomic E-state index is 11.3. The summed E-state index contributed by atoms with van der Waals surface area (Å²) < 4.78 is 30.4. The molecule has 106 valence electrons. The van der Waals surface area contributed by atoms with Crippen molar-refractivity contribution in [3.63, 3.8) is 0 Å². The average molecular weight is 289 g/mol. The minimum atomic E-state index is -4.06. The third-order valence-electron chi connectivity index (χ3n) is 2.19. The Morgan fingerprint density at radius 2 is 2.00 bits per heavy atom. The first-order valence-electron chi connectivity index (χ1n) is 5.23. The monoisotopic (exact) mass is 289 g/mol. The highest BCUT2D eigenvalue weighted by atomic mass is 32.2. The van der Waals surface area contributed by atoms with Gasteiger partial charge in [-0.2, -0.15) is 13.1 Å². The molecule has 0 aliphatic heterocycles. The molecule has 1 unspecified atom stereocenters. The Labute approximate surface area is 110 Å². The van der Waals surface area contributed by atoms with Gasteiger partial charge in [-0.15, -0.1) is 0 Å². The molecule has 1 aromatic rings. The van der Waals surface area contributed by atoms with E-state index in [0.29, 0.717) is 11.3 Å². The minimum Gasteiger partial charge on any atom is -0.452 e. The lowest BCUT2D eigenvalue weighted by atomic mass is 10.1. The number of carbonyl (C=O) groups is 1. The number of carbonyl (C=O) groups excluding carboxylic acids is 1. The Bertz CT molecular complexity index is 529. The summed E-state index contributed by atoms with van der Waals surface area (Å²) in [5.74, 6) is 0. The predicted octanol–water partition coefficient (Wildman–Crippen LogP) is -0.507. The molecule has 5 N–H and O–H groups in total. The lowest BCUT2D eigenvalue weighted by molar-refractivity contribution is 0.175. The van der Waals surface area contributed by atoms with Crippen LogP contribution in [0.4, 0.5) is 10.5 Å². The van der Waals surface area contributed by atoms with Crippen LogP contribution in [0.15, 0.2) is 24.3 Å². The van der Waals surface area contributed by atoms with Crippen LogP contribution in [0.25, 0.3) is 0 Å². The van der Waals surface area contributed by atoms with Crippen molar-refractivity contribution >= 4 is 22.0 Å². The Kier molecular flexibility index (Phi) is 5.10. The number of nitrogen functional groups attached to an aromatic ring is 1. The zero-order valence-electron chi connectivity index (χ0n) is 10.2. The maximum Gasteiger partial charge on any atom is 0.421 e. The van der Waals surface area contributed by atoms with Gasteiger partial charge in [-0.3, -0.25) is 0 Å². The summed E-state index contributed by atoms with van der Waals surface area (Å²) in [5.41, 5.74) is 6.51. The largest absolute Gasteiger partial charge is 0.452 e. The van der Waals surface area contributed by atoms with Crippen LogP contribution in [-0.2, 0) is 14.9 Å². The highest BCUT2D eigenvalue weighted by Crippen LogP contribution is 2.13. The van der Waals surface area contributed by atoms with Gasteiger partial charge < -0.3 is 15.6 Å². The molecular formula is C10H15N3O5S. The Morgan fingerprint density at radius 3 is 2.53 bits per heavy atom. The molecule has 1 aromatic carbocycles. The molecule has 0 aliphatic carbocycles. The highest BCUT2D eigenvalue weighted by molar-refractivity contribution is 7.88. The van der Waals surface area contributed by atoms with Gasteiger partial charge in [0.05, 0.1) is 13.2 Å². The Hall–Kier alpha value is -1.84. The standard InChI is InChI=1S/C10H15N3O5S/c1-18-10(15)13-19(16,17)12-6-9(14)7-2-4-8(11)5-3-7/h2-5,9,12,14H,6,11H2,1H3,(H,13,15). The number of nitrogens with one attached hydrogen (secondary N) is 2. The van der Waals surface area contributed by atoms with Gasteiger partial charge in [0.1, 0.15) is 0 Å². The second-order valence-corrected chi connectivity index (χ2v) is 5.13. The molecule has 19 heavy (non-hydrogen) atoms. The summed E-state index contributed by atoms with van der Waals surface area (Å²) in [6.07, 6.45) is -2.18. The van der Waals surface area contributed by atoms with Crippen molar-refractivity contribution in [2.45, 2.75) is 6.10 Å². The minimum absolute atomic E-state index is 0.295. The fraction of sp³-hybridized carbons (Fsp3) is 0.300. The van der Waals surface area contributed by atoms with E-state index in [9.17, 15) is 18.3 Å². The van der Waals surface area contributed by atoms with Crippen LogP contribution in [0, 0.1) is 0 Å². The van der Waals surface area contributed by atoms with Crippen LogP contribution in [0.1, 0.15) is 11.7 Å². The number of rotatable bonds is 5. The van der Waals surface area contributed by atoms with Gasteiger partial charge in [0.25, 0.3) is 0 Å². The van der Waals surface area contributed by atoms with E-state index in [1.807, 2.05) is 4.72 Å². The lowest BCUT2D eigenvalue weighted by Gasteiger charge is -2.12. The Morgan fingerprint density at radius 1 is 1.42 bits per heavy atom. The molecule has 0 heterocycles.